The van der Waals surface area contributed by atoms with Gasteiger partial charge in [-0.15, -0.1) is 0 Å². The van der Waals surface area contributed by atoms with E-state index < -0.39 is 0 Å². The highest BCUT2D eigenvalue weighted by atomic mass is 16.5. The van der Waals surface area contributed by atoms with Crippen LogP contribution in [-0.2, 0) is 23.7 Å². The molecule has 0 unspecified atom stereocenters. The minimum Gasteiger partial charge on any atom is -0.497 e. The van der Waals surface area contributed by atoms with Crippen LogP contribution in [-0.4, -0.2) is 59.6 Å². The zero-order valence-electron chi connectivity index (χ0n) is 16.6. The van der Waals surface area contributed by atoms with Crippen molar-refractivity contribution >= 4 is 5.91 Å². The highest BCUT2D eigenvalue weighted by molar-refractivity contribution is 5.92. The van der Waals surface area contributed by atoms with E-state index in [1.165, 1.54) is 14.2 Å². The van der Waals surface area contributed by atoms with E-state index in [0.29, 0.717) is 49.0 Å². The van der Waals surface area contributed by atoms with E-state index >= 15 is 0 Å². The molecule has 0 aliphatic carbocycles. The van der Waals surface area contributed by atoms with Crippen molar-refractivity contribution in [2.75, 3.05) is 48.1 Å². The van der Waals surface area contributed by atoms with Crippen molar-refractivity contribution in [3.05, 3.63) is 35.5 Å². The van der Waals surface area contributed by atoms with Gasteiger partial charge in [0.25, 0.3) is 0 Å². The maximum Gasteiger partial charge on any atom is 0.246 e. The molecule has 0 spiro atoms. The van der Waals surface area contributed by atoms with Crippen molar-refractivity contribution in [1.29, 1.82) is 0 Å². The van der Waals surface area contributed by atoms with Crippen LogP contribution in [0.15, 0.2) is 35.5 Å². The van der Waals surface area contributed by atoms with Gasteiger partial charge in [0, 0.05) is 37.3 Å². The summed E-state index contributed by atoms with van der Waals surface area (Å²) in [4.78, 5) is 12.4. The number of allylic oxidation sites excluding steroid dienone is 1. The maximum absolute atomic E-state index is 12.4. The molecule has 1 aliphatic heterocycles. The van der Waals surface area contributed by atoms with Crippen molar-refractivity contribution in [2.45, 2.75) is 31.7 Å². The Kier molecular flexibility index (Phi) is 9.23. The normalized spacial score (nSPS) is 17.8. The molecule has 1 aliphatic rings. The standard InChI is InChI=1S/C19H32N2O5/c1-14(7-8-16(24-5)17(25-6)15(2)23-4)18(22)21-13-19(20-3)9-11-26-12-10-19/h7,20H,2,8-13H2,1,3-6H3,(H,21,22)/b14-7+,17-16-. The summed E-state index contributed by atoms with van der Waals surface area (Å²) in [6, 6.07) is 0. The topological polar surface area (TPSA) is 78.1 Å². The first-order valence-electron chi connectivity index (χ1n) is 8.69. The van der Waals surface area contributed by atoms with E-state index in [9.17, 15) is 4.79 Å². The number of hydrogen-bond acceptors (Lipinski definition) is 6. The van der Waals surface area contributed by atoms with E-state index in [1.54, 1.807) is 20.1 Å². The smallest absolute Gasteiger partial charge is 0.246 e. The molecule has 7 heteroatoms. The number of hydrogen-bond donors (Lipinski definition) is 2. The van der Waals surface area contributed by atoms with E-state index in [2.05, 4.69) is 17.2 Å². The molecule has 148 valence electrons. The summed E-state index contributed by atoms with van der Waals surface area (Å²) >= 11 is 0. The molecular weight excluding hydrogens is 336 g/mol. The number of rotatable bonds is 10. The van der Waals surface area contributed by atoms with E-state index in [-0.39, 0.29) is 11.4 Å². The third-order valence-electron chi connectivity index (χ3n) is 4.72. The summed E-state index contributed by atoms with van der Waals surface area (Å²) in [5.41, 5.74) is 0.502. The summed E-state index contributed by atoms with van der Waals surface area (Å²) in [5, 5.41) is 6.34. The van der Waals surface area contributed by atoms with Gasteiger partial charge >= 0.3 is 0 Å². The monoisotopic (exact) mass is 368 g/mol. The van der Waals surface area contributed by atoms with Crippen LogP contribution in [0.4, 0.5) is 0 Å². The van der Waals surface area contributed by atoms with Crippen LogP contribution in [0.5, 0.6) is 0 Å². The fourth-order valence-electron chi connectivity index (χ4n) is 2.75. The highest BCUT2D eigenvalue weighted by Crippen LogP contribution is 2.21. The number of likely N-dealkylation sites (N-methyl/N-ethyl adjacent to an activating group) is 1. The Morgan fingerprint density at radius 1 is 1.19 bits per heavy atom. The lowest BCUT2D eigenvalue weighted by Crippen LogP contribution is -2.55. The lowest BCUT2D eigenvalue weighted by atomic mass is 9.90. The largest absolute Gasteiger partial charge is 0.497 e. The number of methoxy groups -OCH3 is 3. The molecule has 0 bridgehead atoms. The first kappa shape index (κ1) is 22.1. The van der Waals surface area contributed by atoms with Gasteiger partial charge in [0.2, 0.25) is 5.91 Å². The first-order chi connectivity index (χ1) is 12.4. The van der Waals surface area contributed by atoms with Gasteiger partial charge in [-0.3, -0.25) is 4.79 Å². The zero-order chi connectivity index (χ0) is 19.6. The quantitative estimate of drug-likeness (QED) is 0.348. The third-order valence-corrected chi connectivity index (χ3v) is 4.72. The van der Waals surface area contributed by atoms with Gasteiger partial charge in [0.05, 0.1) is 21.3 Å². The summed E-state index contributed by atoms with van der Waals surface area (Å²) in [6.07, 6.45) is 3.94. The molecule has 0 aromatic carbocycles. The van der Waals surface area contributed by atoms with Gasteiger partial charge < -0.3 is 29.6 Å². The molecule has 7 nitrogen and oxygen atoms in total. The van der Waals surface area contributed by atoms with Gasteiger partial charge in [-0.05, 0) is 26.8 Å². The Hall–Kier alpha value is -1.99. The summed E-state index contributed by atoms with van der Waals surface area (Å²) < 4.78 is 21.1. The van der Waals surface area contributed by atoms with Crippen LogP contribution in [0.25, 0.3) is 0 Å². The molecule has 0 radical (unpaired) electrons. The zero-order valence-corrected chi connectivity index (χ0v) is 16.6. The summed E-state index contributed by atoms with van der Waals surface area (Å²) in [7, 11) is 6.50. The molecule has 1 amide bonds. The number of nitrogens with one attached hydrogen (secondary N) is 2. The van der Waals surface area contributed by atoms with Crippen LogP contribution in [0.2, 0.25) is 0 Å². The van der Waals surface area contributed by atoms with Gasteiger partial charge in [0.1, 0.15) is 5.76 Å². The second-order valence-electron chi connectivity index (χ2n) is 6.20. The highest BCUT2D eigenvalue weighted by Gasteiger charge is 2.31. The number of carbonyl (C=O) groups excluding carboxylic acids is 1. The Bertz CT molecular complexity index is 548. The maximum atomic E-state index is 12.4. The van der Waals surface area contributed by atoms with Crippen molar-refractivity contribution in [2.24, 2.45) is 0 Å². The van der Waals surface area contributed by atoms with Crippen molar-refractivity contribution in [1.82, 2.24) is 10.6 Å². The number of amides is 1. The van der Waals surface area contributed by atoms with E-state index in [4.69, 9.17) is 18.9 Å². The lowest BCUT2D eigenvalue weighted by Gasteiger charge is -2.37. The van der Waals surface area contributed by atoms with Crippen LogP contribution in [0, 0.1) is 0 Å². The molecular formula is C19H32N2O5. The van der Waals surface area contributed by atoms with Crippen molar-refractivity contribution in [3.63, 3.8) is 0 Å². The molecule has 0 aromatic heterocycles. The molecule has 1 rings (SSSR count). The van der Waals surface area contributed by atoms with Crippen molar-refractivity contribution in [3.8, 4) is 0 Å². The average molecular weight is 368 g/mol. The molecule has 0 atom stereocenters. The lowest BCUT2D eigenvalue weighted by molar-refractivity contribution is -0.118. The van der Waals surface area contributed by atoms with Gasteiger partial charge in [-0.1, -0.05) is 12.7 Å². The van der Waals surface area contributed by atoms with Crippen LogP contribution in [0.1, 0.15) is 26.2 Å². The Labute approximate surface area is 156 Å². The van der Waals surface area contributed by atoms with Crippen LogP contribution < -0.4 is 10.6 Å². The second kappa shape index (κ2) is 10.9. The Morgan fingerprint density at radius 3 is 2.35 bits per heavy atom. The van der Waals surface area contributed by atoms with Crippen LogP contribution in [0.3, 0.4) is 0 Å². The summed E-state index contributed by atoms with van der Waals surface area (Å²) in [5.74, 6) is 1.24. The predicted octanol–water partition coefficient (Wildman–Crippen LogP) is 1.87. The van der Waals surface area contributed by atoms with E-state index in [0.717, 1.165) is 12.8 Å². The van der Waals surface area contributed by atoms with E-state index in [1.807, 2.05) is 7.05 Å². The molecule has 1 saturated heterocycles. The molecule has 26 heavy (non-hydrogen) atoms. The predicted molar refractivity (Wildman–Crippen MR) is 100 cm³/mol. The number of ether oxygens (including phenoxy) is 4. The summed E-state index contributed by atoms with van der Waals surface area (Å²) in [6.45, 7) is 7.52. The fraction of sp³-hybridized carbons (Fsp3) is 0.632. The molecule has 0 aromatic rings. The average Bonchev–Trinajstić information content (AvgIpc) is 2.69. The molecule has 2 N–H and O–H groups in total. The Balaban J connectivity index is 2.71. The molecule has 1 fully saturated rings. The Morgan fingerprint density at radius 2 is 1.85 bits per heavy atom. The molecule has 0 saturated carbocycles. The second-order valence-corrected chi connectivity index (χ2v) is 6.20. The van der Waals surface area contributed by atoms with Crippen molar-refractivity contribution < 1.29 is 23.7 Å². The van der Waals surface area contributed by atoms with Gasteiger partial charge in [-0.2, -0.15) is 0 Å². The number of carbonyl (C=O) groups is 1. The minimum atomic E-state index is -0.106. The van der Waals surface area contributed by atoms with Gasteiger partial charge in [0.15, 0.2) is 11.5 Å². The fourth-order valence-corrected chi connectivity index (χ4v) is 2.75. The minimum absolute atomic E-state index is 0.105. The van der Waals surface area contributed by atoms with Gasteiger partial charge in [-0.25, -0.2) is 0 Å². The SMILES string of the molecule is C=C(OC)/C(OC)=C(\C/C=C(\C)C(=O)NCC1(NC)CCOCC1)OC. The third kappa shape index (κ3) is 6.07. The molecule has 1 heterocycles. The van der Waals surface area contributed by atoms with Crippen LogP contribution >= 0.6 is 0 Å². The first-order valence-corrected chi connectivity index (χ1v) is 8.69.